The van der Waals surface area contributed by atoms with E-state index in [2.05, 4.69) is 10.3 Å². The molecule has 0 aliphatic carbocycles. The maximum Gasteiger partial charge on any atom is 0.313 e. The molecule has 1 aromatic carbocycles. The summed E-state index contributed by atoms with van der Waals surface area (Å²) in [4.78, 5) is 42.5. The molecule has 1 aromatic heterocycles. The number of phenolic OH excluding ortho intramolecular Hbond substituents is 1. The van der Waals surface area contributed by atoms with Crippen molar-refractivity contribution in [1.29, 1.82) is 0 Å². The van der Waals surface area contributed by atoms with Crippen molar-refractivity contribution in [2.45, 2.75) is 39.7 Å². The number of rotatable bonds is 3. The molecular formula is C22H26N4O4. The molecular weight excluding hydrogens is 384 g/mol. The number of nitrogens with one attached hydrogen (secondary N) is 1. The van der Waals surface area contributed by atoms with E-state index in [9.17, 15) is 19.5 Å². The van der Waals surface area contributed by atoms with E-state index in [1.165, 1.54) is 18.5 Å². The SMILES string of the molecule is Cc1cc([C@H]2CC[C@H](C)CN2C(=O)C(=O)Nc2cncc(C(N)=O)c2)cc(C)c1O. The van der Waals surface area contributed by atoms with Crippen LogP contribution in [0.4, 0.5) is 5.69 Å². The Labute approximate surface area is 175 Å². The first kappa shape index (κ1) is 21.3. The maximum absolute atomic E-state index is 13.0. The van der Waals surface area contributed by atoms with E-state index in [1.54, 1.807) is 4.90 Å². The Morgan fingerprint density at radius 1 is 1.13 bits per heavy atom. The first-order chi connectivity index (χ1) is 14.2. The molecule has 0 bridgehead atoms. The Bertz CT molecular complexity index is 981. The van der Waals surface area contributed by atoms with Crippen molar-refractivity contribution in [1.82, 2.24) is 9.88 Å². The zero-order valence-corrected chi connectivity index (χ0v) is 17.3. The summed E-state index contributed by atoms with van der Waals surface area (Å²) in [7, 11) is 0. The lowest BCUT2D eigenvalue weighted by Gasteiger charge is -2.38. The number of aromatic nitrogens is 1. The number of likely N-dealkylation sites (tertiary alicyclic amines) is 1. The number of anilines is 1. The molecule has 30 heavy (non-hydrogen) atoms. The monoisotopic (exact) mass is 410 g/mol. The van der Waals surface area contributed by atoms with Gasteiger partial charge in [0.05, 0.1) is 23.5 Å². The second kappa shape index (κ2) is 8.52. The summed E-state index contributed by atoms with van der Waals surface area (Å²) in [6, 6.07) is 4.85. The lowest BCUT2D eigenvalue weighted by atomic mass is 9.88. The summed E-state index contributed by atoms with van der Waals surface area (Å²) in [6.07, 6.45) is 4.29. The van der Waals surface area contributed by atoms with Gasteiger partial charge >= 0.3 is 11.8 Å². The molecule has 2 aromatic rings. The number of aryl methyl sites for hydroxylation is 2. The van der Waals surface area contributed by atoms with Gasteiger partial charge in [0, 0.05) is 12.7 Å². The zero-order valence-electron chi connectivity index (χ0n) is 17.3. The van der Waals surface area contributed by atoms with Crippen LogP contribution in [0.5, 0.6) is 5.75 Å². The Kier molecular flexibility index (Phi) is 6.05. The number of nitrogens with two attached hydrogens (primary N) is 1. The molecule has 1 aliphatic rings. The van der Waals surface area contributed by atoms with Gasteiger partial charge in [-0.2, -0.15) is 0 Å². The van der Waals surface area contributed by atoms with Crippen molar-refractivity contribution >= 4 is 23.4 Å². The number of amides is 3. The number of nitrogens with zero attached hydrogens (tertiary/aromatic N) is 2. The number of primary amides is 1. The Morgan fingerprint density at radius 2 is 1.80 bits per heavy atom. The van der Waals surface area contributed by atoms with Crippen LogP contribution in [0.25, 0.3) is 0 Å². The van der Waals surface area contributed by atoms with E-state index in [-0.39, 0.29) is 29.0 Å². The average Bonchev–Trinajstić information content (AvgIpc) is 2.71. The Balaban J connectivity index is 1.85. The summed E-state index contributed by atoms with van der Waals surface area (Å²) in [5.74, 6) is -1.63. The number of hydrogen-bond acceptors (Lipinski definition) is 5. The molecule has 158 valence electrons. The van der Waals surface area contributed by atoms with Gasteiger partial charge in [0.1, 0.15) is 5.75 Å². The summed E-state index contributed by atoms with van der Waals surface area (Å²) < 4.78 is 0. The molecule has 8 heteroatoms. The van der Waals surface area contributed by atoms with Crippen LogP contribution in [0.1, 0.15) is 52.9 Å². The van der Waals surface area contributed by atoms with Crippen LogP contribution in [0, 0.1) is 19.8 Å². The Morgan fingerprint density at radius 3 is 2.43 bits per heavy atom. The van der Waals surface area contributed by atoms with Crippen LogP contribution >= 0.6 is 0 Å². The van der Waals surface area contributed by atoms with Gasteiger partial charge in [0.15, 0.2) is 0 Å². The van der Waals surface area contributed by atoms with E-state index in [4.69, 9.17) is 5.73 Å². The lowest BCUT2D eigenvalue weighted by molar-refractivity contribution is -0.146. The highest BCUT2D eigenvalue weighted by atomic mass is 16.3. The molecule has 0 radical (unpaired) electrons. The molecule has 8 nitrogen and oxygen atoms in total. The van der Waals surface area contributed by atoms with Crippen molar-refractivity contribution in [3.05, 3.63) is 52.8 Å². The number of carbonyl (C=O) groups is 3. The third-order valence-electron chi connectivity index (χ3n) is 5.45. The smallest absolute Gasteiger partial charge is 0.313 e. The normalized spacial score (nSPS) is 18.7. The molecule has 4 N–H and O–H groups in total. The largest absolute Gasteiger partial charge is 0.507 e. The number of pyridine rings is 1. The fourth-order valence-corrected chi connectivity index (χ4v) is 3.86. The van der Waals surface area contributed by atoms with Gasteiger partial charge in [-0.25, -0.2) is 0 Å². The molecule has 3 amide bonds. The third kappa shape index (κ3) is 4.42. The van der Waals surface area contributed by atoms with Gasteiger partial charge in [-0.05, 0) is 55.4 Å². The van der Waals surface area contributed by atoms with Crippen molar-refractivity contribution in [3.8, 4) is 5.75 Å². The molecule has 0 spiro atoms. The highest BCUT2D eigenvalue weighted by Crippen LogP contribution is 2.36. The summed E-state index contributed by atoms with van der Waals surface area (Å²) in [5.41, 5.74) is 7.96. The van der Waals surface area contributed by atoms with Crippen molar-refractivity contribution < 1.29 is 19.5 Å². The second-order valence-corrected chi connectivity index (χ2v) is 7.94. The summed E-state index contributed by atoms with van der Waals surface area (Å²) >= 11 is 0. The number of carbonyl (C=O) groups excluding carboxylic acids is 3. The van der Waals surface area contributed by atoms with Crippen LogP contribution in [0.3, 0.4) is 0 Å². The van der Waals surface area contributed by atoms with Crippen molar-refractivity contribution in [2.75, 3.05) is 11.9 Å². The molecule has 2 heterocycles. The van der Waals surface area contributed by atoms with Crippen molar-refractivity contribution in [3.63, 3.8) is 0 Å². The number of aromatic hydroxyl groups is 1. The van der Waals surface area contributed by atoms with E-state index in [1.807, 2.05) is 32.9 Å². The van der Waals surface area contributed by atoms with E-state index >= 15 is 0 Å². The number of piperidine rings is 1. The van der Waals surface area contributed by atoms with Gasteiger partial charge in [0.2, 0.25) is 5.91 Å². The summed E-state index contributed by atoms with van der Waals surface area (Å²) in [6.45, 7) is 6.13. The minimum Gasteiger partial charge on any atom is -0.507 e. The topological polar surface area (TPSA) is 126 Å². The third-order valence-corrected chi connectivity index (χ3v) is 5.45. The Hall–Kier alpha value is -3.42. The predicted molar refractivity (Wildman–Crippen MR) is 112 cm³/mol. The van der Waals surface area contributed by atoms with Crippen LogP contribution in [0.15, 0.2) is 30.6 Å². The molecule has 2 atom stereocenters. The van der Waals surface area contributed by atoms with Gasteiger partial charge < -0.3 is 21.1 Å². The van der Waals surface area contributed by atoms with Crippen molar-refractivity contribution in [2.24, 2.45) is 11.7 Å². The first-order valence-corrected chi connectivity index (χ1v) is 9.84. The number of phenols is 1. The highest BCUT2D eigenvalue weighted by molar-refractivity contribution is 6.39. The maximum atomic E-state index is 13.0. The van der Waals surface area contributed by atoms with Gasteiger partial charge in [-0.3, -0.25) is 19.4 Å². The van der Waals surface area contributed by atoms with Crippen LogP contribution in [-0.2, 0) is 9.59 Å². The molecule has 1 aliphatic heterocycles. The van der Waals surface area contributed by atoms with Gasteiger partial charge in [-0.15, -0.1) is 0 Å². The minimum absolute atomic E-state index is 0.139. The number of hydrogen-bond donors (Lipinski definition) is 3. The van der Waals surface area contributed by atoms with Crippen LogP contribution < -0.4 is 11.1 Å². The van der Waals surface area contributed by atoms with Gasteiger partial charge in [0.25, 0.3) is 0 Å². The molecule has 0 unspecified atom stereocenters. The minimum atomic E-state index is -0.801. The standard InChI is InChI=1S/C22H26N4O4/c1-12-4-5-18(15-6-13(2)19(27)14(3)7-15)26(11-12)22(30)21(29)25-17-8-16(20(23)28)9-24-10-17/h6-10,12,18,27H,4-5,11H2,1-3H3,(H2,23,28)(H,25,29)/t12-,18+/m0/s1. The first-order valence-electron chi connectivity index (χ1n) is 9.84. The van der Waals surface area contributed by atoms with E-state index < -0.39 is 17.7 Å². The van der Waals surface area contributed by atoms with Crippen LogP contribution in [0.2, 0.25) is 0 Å². The van der Waals surface area contributed by atoms with Crippen LogP contribution in [-0.4, -0.2) is 39.3 Å². The zero-order chi connectivity index (χ0) is 22.0. The molecule has 1 fully saturated rings. The highest BCUT2D eigenvalue weighted by Gasteiger charge is 2.34. The average molecular weight is 410 g/mol. The number of benzene rings is 1. The fourth-order valence-electron chi connectivity index (χ4n) is 3.86. The van der Waals surface area contributed by atoms with Gasteiger partial charge in [-0.1, -0.05) is 19.1 Å². The quantitative estimate of drug-likeness (QED) is 0.670. The lowest BCUT2D eigenvalue weighted by Crippen LogP contribution is -2.46. The molecule has 3 rings (SSSR count). The summed E-state index contributed by atoms with van der Waals surface area (Å²) in [5, 5.41) is 12.6. The van der Waals surface area contributed by atoms with E-state index in [0.717, 1.165) is 29.5 Å². The molecule has 0 saturated carbocycles. The molecule has 1 saturated heterocycles. The second-order valence-electron chi connectivity index (χ2n) is 7.94. The predicted octanol–water partition coefficient (Wildman–Crippen LogP) is 2.44. The fraction of sp³-hybridized carbons (Fsp3) is 0.364. The van der Waals surface area contributed by atoms with E-state index in [0.29, 0.717) is 6.54 Å².